The van der Waals surface area contributed by atoms with Crippen LogP contribution in [0.3, 0.4) is 0 Å². The lowest BCUT2D eigenvalue weighted by Crippen LogP contribution is -2.56. The molecule has 0 spiro atoms. The van der Waals surface area contributed by atoms with Gasteiger partial charge < -0.3 is 36.8 Å². The predicted molar refractivity (Wildman–Crippen MR) is 159 cm³/mol. The van der Waals surface area contributed by atoms with Gasteiger partial charge in [-0.1, -0.05) is 42.5 Å². The van der Waals surface area contributed by atoms with E-state index in [4.69, 9.17) is 11.5 Å². The molecule has 2 aromatic rings. The molecule has 7 N–H and O–H groups in total. The number of phenols is 1. The lowest BCUT2D eigenvalue weighted by atomic mass is 10.0. The van der Waals surface area contributed by atoms with E-state index < -0.39 is 52.6 Å². The lowest BCUT2D eigenvalue weighted by Gasteiger charge is -2.27. The van der Waals surface area contributed by atoms with Crippen LogP contribution in [-0.2, 0) is 47.6 Å². The number of ether oxygens (including phenoxy) is 1. The highest BCUT2D eigenvalue weighted by atomic mass is 32.2. The van der Waals surface area contributed by atoms with Crippen LogP contribution in [0.25, 0.3) is 0 Å². The van der Waals surface area contributed by atoms with Crippen LogP contribution in [0.15, 0.2) is 59.6 Å². The van der Waals surface area contributed by atoms with Crippen LogP contribution in [0.2, 0.25) is 0 Å². The Morgan fingerprint density at radius 2 is 1.55 bits per heavy atom. The van der Waals surface area contributed by atoms with Crippen molar-refractivity contribution in [2.75, 3.05) is 32.7 Å². The van der Waals surface area contributed by atoms with Gasteiger partial charge in [0.25, 0.3) is 0 Å². The van der Waals surface area contributed by atoms with Crippen LogP contribution in [0.5, 0.6) is 5.75 Å². The number of aliphatic imine (C=N–C) groups is 1. The Kier molecular flexibility index (Phi) is 13.4. The predicted octanol–water partition coefficient (Wildman–Crippen LogP) is -0.811. The molecule has 2 aromatic carbocycles. The number of methoxy groups -OCH3 is 1. The van der Waals surface area contributed by atoms with E-state index in [9.17, 15) is 28.5 Å². The van der Waals surface area contributed by atoms with Crippen molar-refractivity contribution in [1.29, 1.82) is 0 Å². The molecule has 0 saturated heterocycles. The number of rotatable bonds is 15. The Morgan fingerprint density at radius 3 is 2.12 bits per heavy atom. The van der Waals surface area contributed by atoms with E-state index in [1.54, 1.807) is 36.4 Å². The fourth-order valence-electron chi connectivity index (χ4n) is 3.98. The number of nitrogens with zero attached hydrogens (tertiary/aromatic N) is 2. The highest BCUT2D eigenvalue weighted by Gasteiger charge is 2.31. The quantitative estimate of drug-likeness (QED) is 0.0980. The molecule has 1 unspecified atom stereocenters. The van der Waals surface area contributed by atoms with Crippen molar-refractivity contribution in [3.63, 3.8) is 0 Å². The van der Waals surface area contributed by atoms with Gasteiger partial charge in [0.1, 0.15) is 30.4 Å². The number of likely N-dealkylation sites (N-methyl/N-ethyl adjacent to an activating group) is 1. The summed E-state index contributed by atoms with van der Waals surface area (Å²) >= 11 is 0. The molecule has 0 radical (unpaired) electrons. The number of benzene rings is 2. The van der Waals surface area contributed by atoms with E-state index in [2.05, 4.69) is 20.4 Å². The van der Waals surface area contributed by atoms with Gasteiger partial charge in [0, 0.05) is 42.7 Å². The minimum atomic E-state index is -1.29. The second-order valence-electron chi connectivity index (χ2n) is 9.59. The summed E-state index contributed by atoms with van der Waals surface area (Å²) in [6.45, 7) is -0.330. The van der Waals surface area contributed by atoms with Crippen molar-refractivity contribution in [2.45, 2.75) is 37.4 Å². The Labute approximate surface area is 247 Å². The van der Waals surface area contributed by atoms with Crippen LogP contribution < -0.4 is 22.1 Å². The van der Waals surface area contributed by atoms with Gasteiger partial charge in [-0.25, -0.2) is 4.99 Å². The summed E-state index contributed by atoms with van der Waals surface area (Å²) < 4.78 is 16.5. The zero-order chi connectivity index (χ0) is 31.2. The molecule has 0 fully saturated rings. The average molecular weight is 603 g/mol. The number of phenolic OH excluding ortho intramolecular Hbond substituents is 1. The fraction of sp³-hybridized carbons (Fsp3) is 0.393. The number of nitrogens with one attached hydrogen (secondary N) is 2. The number of esters is 1. The van der Waals surface area contributed by atoms with E-state index in [1.165, 1.54) is 32.5 Å². The molecule has 13 nitrogen and oxygen atoms in total. The molecule has 3 amide bonds. The molecule has 0 aromatic heterocycles. The minimum Gasteiger partial charge on any atom is -0.508 e. The van der Waals surface area contributed by atoms with Crippen LogP contribution in [-0.4, -0.2) is 94.7 Å². The summed E-state index contributed by atoms with van der Waals surface area (Å²) in [6.07, 6.45) is 1.63. The van der Waals surface area contributed by atoms with E-state index in [1.807, 2.05) is 6.07 Å². The van der Waals surface area contributed by atoms with Crippen LogP contribution in [0.4, 0.5) is 0 Å². The van der Waals surface area contributed by atoms with Crippen LogP contribution >= 0.6 is 0 Å². The van der Waals surface area contributed by atoms with Gasteiger partial charge in [-0.3, -0.25) is 23.4 Å². The van der Waals surface area contributed by atoms with Gasteiger partial charge in [-0.05, 0) is 29.7 Å². The first-order chi connectivity index (χ1) is 19.9. The van der Waals surface area contributed by atoms with Crippen molar-refractivity contribution in [3.05, 3.63) is 65.7 Å². The molecular weight excluding hydrogens is 564 g/mol. The number of guanidine groups is 1. The maximum Gasteiger partial charge on any atom is 0.325 e. The Morgan fingerprint density at radius 1 is 0.952 bits per heavy atom. The Balaban J connectivity index is 2.30. The monoisotopic (exact) mass is 602 g/mol. The first-order valence-electron chi connectivity index (χ1n) is 13.0. The van der Waals surface area contributed by atoms with Gasteiger partial charge in [-0.15, -0.1) is 0 Å². The fourth-order valence-corrected chi connectivity index (χ4v) is 4.54. The highest BCUT2D eigenvalue weighted by molar-refractivity contribution is 7.84. The first-order valence-corrected chi connectivity index (χ1v) is 14.8. The van der Waals surface area contributed by atoms with Gasteiger partial charge in [-0.2, -0.15) is 0 Å². The summed E-state index contributed by atoms with van der Waals surface area (Å²) in [5.74, 6) is -2.76. The molecular formula is C28H38N6O7S. The summed E-state index contributed by atoms with van der Waals surface area (Å²) in [5.41, 5.74) is 12.5. The van der Waals surface area contributed by atoms with Crippen molar-refractivity contribution >= 4 is 40.4 Å². The van der Waals surface area contributed by atoms with Crippen molar-refractivity contribution in [2.24, 2.45) is 16.5 Å². The number of aromatic hydroxyl groups is 1. The molecule has 228 valence electrons. The third-order valence-electron chi connectivity index (χ3n) is 6.17. The second kappa shape index (κ2) is 16.7. The van der Waals surface area contributed by atoms with Gasteiger partial charge in [0.05, 0.1) is 7.11 Å². The zero-order valence-corrected chi connectivity index (χ0v) is 24.6. The molecule has 0 saturated carbocycles. The maximum absolute atomic E-state index is 13.5. The van der Waals surface area contributed by atoms with Crippen molar-refractivity contribution in [3.8, 4) is 5.75 Å². The maximum atomic E-state index is 13.5. The largest absolute Gasteiger partial charge is 0.508 e. The molecule has 2 rings (SSSR count). The van der Waals surface area contributed by atoms with Crippen molar-refractivity contribution < 1.29 is 33.2 Å². The number of nitrogens with two attached hydrogens (primary N) is 2. The number of amides is 3. The first kappa shape index (κ1) is 33.7. The number of carbonyl (C=O) groups is 4. The molecule has 0 aliphatic heterocycles. The molecule has 14 heteroatoms. The van der Waals surface area contributed by atoms with E-state index in [0.29, 0.717) is 5.56 Å². The molecule has 0 aliphatic carbocycles. The Bertz CT molecular complexity index is 1270. The summed E-state index contributed by atoms with van der Waals surface area (Å²) in [7, 11) is 1.32. The number of carbonyl (C=O) groups excluding carboxylic acids is 4. The van der Waals surface area contributed by atoms with Crippen LogP contribution in [0, 0.1) is 0 Å². The normalized spacial score (nSPS) is 13.5. The molecule has 0 aliphatic rings. The van der Waals surface area contributed by atoms with E-state index >= 15 is 0 Å². The average Bonchev–Trinajstić information content (AvgIpc) is 2.95. The highest BCUT2D eigenvalue weighted by Crippen LogP contribution is 2.13. The minimum absolute atomic E-state index is 0.00131. The molecule has 0 heterocycles. The lowest BCUT2D eigenvalue weighted by molar-refractivity contribution is -0.147. The third kappa shape index (κ3) is 11.6. The molecule has 4 atom stereocenters. The summed E-state index contributed by atoms with van der Waals surface area (Å²) in [5, 5.41) is 14.9. The summed E-state index contributed by atoms with van der Waals surface area (Å²) in [6, 6.07) is 11.7. The molecule has 42 heavy (non-hydrogen) atoms. The SMILES string of the molecule is COC(=O)CN(C)C(=O)[C@H](Cc1ccccc1)NC(=O)[C@H](CCS(C)=O)NC(=O)[C@H](Cc1ccc(O)cc1)N=C(N)N. The zero-order valence-electron chi connectivity index (χ0n) is 23.8. The number of hydrogen-bond donors (Lipinski definition) is 5. The topological polar surface area (TPSA) is 207 Å². The Hall–Kier alpha value is -4.46. The van der Waals surface area contributed by atoms with Crippen molar-refractivity contribution in [1.82, 2.24) is 15.5 Å². The third-order valence-corrected chi connectivity index (χ3v) is 6.98. The number of hydrogen-bond acceptors (Lipinski definition) is 8. The smallest absolute Gasteiger partial charge is 0.325 e. The van der Waals surface area contributed by atoms with E-state index in [0.717, 1.165) is 10.5 Å². The standard InChI is InChI=1S/C28H38N6O7S/c1-34(17-24(36)41-2)27(39)23(16-18-7-5-4-6-8-18)32-25(37)21(13-14-42(3)40)31-26(38)22(33-28(29)30)15-19-9-11-20(35)12-10-19/h4-12,21-23,35H,13-17H2,1-3H3,(H,31,38)(H,32,37)(H4,29,30,33)/t21-,22-,23-,42?/m0/s1. The van der Waals surface area contributed by atoms with Gasteiger partial charge in [0.15, 0.2) is 5.96 Å². The van der Waals surface area contributed by atoms with Crippen LogP contribution in [0.1, 0.15) is 17.5 Å². The summed E-state index contributed by atoms with van der Waals surface area (Å²) in [4.78, 5) is 57.1. The van der Waals surface area contributed by atoms with Gasteiger partial charge >= 0.3 is 5.97 Å². The van der Waals surface area contributed by atoms with E-state index in [-0.39, 0.29) is 43.3 Å². The second-order valence-corrected chi connectivity index (χ2v) is 11.1. The van der Waals surface area contributed by atoms with Gasteiger partial charge in [0.2, 0.25) is 17.7 Å². The molecule has 0 bridgehead atoms.